The van der Waals surface area contributed by atoms with Crippen molar-refractivity contribution in [2.24, 2.45) is 5.73 Å². The van der Waals surface area contributed by atoms with Crippen molar-refractivity contribution in [3.05, 3.63) is 41.5 Å². The Hall–Kier alpha value is -1.08. The molecule has 0 spiro atoms. The van der Waals surface area contributed by atoms with Gasteiger partial charge < -0.3 is 5.73 Å². The van der Waals surface area contributed by atoms with Crippen molar-refractivity contribution >= 4 is 6.08 Å². The van der Waals surface area contributed by atoms with Crippen LogP contribution in [0.5, 0.6) is 0 Å². The summed E-state index contributed by atoms with van der Waals surface area (Å²) in [4.78, 5) is 0. The Morgan fingerprint density at radius 2 is 1.93 bits per heavy atom. The molecule has 0 heterocycles. The average molecular weight is 187 g/mol. The van der Waals surface area contributed by atoms with E-state index in [1.54, 1.807) is 0 Å². The summed E-state index contributed by atoms with van der Waals surface area (Å²) in [6, 6.07) is 10.7. The molecule has 0 amide bonds. The van der Waals surface area contributed by atoms with Crippen molar-refractivity contribution in [1.29, 1.82) is 0 Å². The van der Waals surface area contributed by atoms with E-state index in [2.05, 4.69) is 30.3 Å². The van der Waals surface area contributed by atoms with E-state index in [0.717, 1.165) is 6.42 Å². The highest BCUT2D eigenvalue weighted by Crippen LogP contribution is 2.24. The van der Waals surface area contributed by atoms with Gasteiger partial charge in [0.05, 0.1) is 0 Å². The molecule has 1 atom stereocenters. The third-order valence-corrected chi connectivity index (χ3v) is 2.86. The number of hydrogen-bond acceptors (Lipinski definition) is 1. The lowest BCUT2D eigenvalue weighted by atomic mass is 9.89. The highest BCUT2D eigenvalue weighted by Gasteiger charge is 2.13. The molecule has 0 bridgehead atoms. The normalized spacial score (nSPS) is 25.2. The summed E-state index contributed by atoms with van der Waals surface area (Å²) in [5.41, 5.74) is 8.76. The fourth-order valence-electron chi connectivity index (χ4n) is 2.01. The van der Waals surface area contributed by atoms with Crippen LogP contribution < -0.4 is 5.73 Å². The van der Waals surface area contributed by atoms with Crippen LogP contribution in [-0.2, 0) is 0 Å². The predicted molar refractivity (Wildman–Crippen MR) is 60.9 cm³/mol. The van der Waals surface area contributed by atoms with Crippen LogP contribution in [0.25, 0.3) is 6.08 Å². The molecule has 1 unspecified atom stereocenters. The van der Waals surface area contributed by atoms with E-state index in [4.69, 9.17) is 5.73 Å². The molecular formula is C13H17N. The number of benzene rings is 1. The molecule has 74 valence electrons. The third-order valence-electron chi connectivity index (χ3n) is 2.86. The van der Waals surface area contributed by atoms with Crippen LogP contribution in [0, 0.1) is 0 Å². The molecule has 1 aliphatic carbocycles. The lowest BCUT2D eigenvalue weighted by molar-refractivity contribution is 0.540. The summed E-state index contributed by atoms with van der Waals surface area (Å²) >= 11 is 0. The highest BCUT2D eigenvalue weighted by atomic mass is 14.6. The molecule has 14 heavy (non-hydrogen) atoms. The van der Waals surface area contributed by atoms with Crippen LogP contribution in [0.2, 0.25) is 0 Å². The Kier molecular flexibility index (Phi) is 3.00. The van der Waals surface area contributed by atoms with E-state index in [1.807, 2.05) is 6.07 Å². The van der Waals surface area contributed by atoms with Crippen LogP contribution in [0.3, 0.4) is 0 Å². The second kappa shape index (κ2) is 4.43. The third kappa shape index (κ3) is 2.24. The van der Waals surface area contributed by atoms with Gasteiger partial charge in [-0.1, -0.05) is 48.4 Å². The van der Waals surface area contributed by atoms with Crippen molar-refractivity contribution < 1.29 is 0 Å². The van der Waals surface area contributed by atoms with Crippen LogP contribution >= 0.6 is 0 Å². The van der Waals surface area contributed by atoms with Gasteiger partial charge >= 0.3 is 0 Å². The second-order valence-corrected chi connectivity index (χ2v) is 3.98. The minimum Gasteiger partial charge on any atom is -0.324 e. The largest absolute Gasteiger partial charge is 0.324 e. The Balaban J connectivity index is 2.17. The van der Waals surface area contributed by atoms with E-state index >= 15 is 0 Å². The monoisotopic (exact) mass is 187 g/mol. The molecule has 0 radical (unpaired) electrons. The van der Waals surface area contributed by atoms with E-state index in [1.165, 1.54) is 30.4 Å². The number of nitrogens with two attached hydrogens (primary N) is 1. The van der Waals surface area contributed by atoms with Gasteiger partial charge in [0.1, 0.15) is 0 Å². The van der Waals surface area contributed by atoms with Crippen molar-refractivity contribution in [3.63, 3.8) is 0 Å². The summed E-state index contributed by atoms with van der Waals surface area (Å²) in [5.74, 6) is 0. The number of hydrogen-bond donors (Lipinski definition) is 1. The molecule has 0 saturated heterocycles. The van der Waals surface area contributed by atoms with Crippen molar-refractivity contribution in [1.82, 2.24) is 0 Å². The second-order valence-electron chi connectivity index (χ2n) is 3.98. The van der Waals surface area contributed by atoms with Gasteiger partial charge in [0.2, 0.25) is 0 Å². The van der Waals surface area contributed by atoms with E-state index in [-0.39, 0.29) is 0 Å². The standard InChI is InChI=1S/C13H17N/c14-13-9-5-4-8-12(13)10-11-6-2-1-3-7-11/h1-3,6-7,10,13H,4-5,8-9,14H2. The number of rotatable bonds is 1. The lowest BCUT2D eigenvalue weighted by Crippen LogP contribution is -2.25. The Labute approximate surface area is 85.6 Å². The first-order valence-electron chi connectivity index (χ1n) is 5.37. The Bertz CT molecular complexity index is 313. The molecule has 2 N–H and O–H groups in total. The van der Waals surface area contributed by atoms with Gasteiger partial charge in [-0.2, -0.15) is 0 Å². The average Bonchev–Trinajstić information content (AvgIpc) is 2.23. The maximum atomic E-state index is 6.06. The molecule has 0 aliphatic heterocycles. The van der Waals surface area contributed by atoms with Crippen LogP contribution in [0.15, 0.2) is 35.9 Å². The first-order valence-corrected chi connectivity index (χ1v) is 5.37. The Morgan fingerprint density at radius 1 is 1.14 bits per heavy atom. The lowest BCUT2D eigenvalue weighted by Gasteiger charge is -2.21. The summed E-state index contributed by atoms with van der Waals surface area (Å²) < 4.78 is 0. The van der Waals surface area contributed by atoms with Gasteiger partial charge in [0.25, 0.3) is 0 Å². The zero-order valence-electron chi connectivity index (χ0n) is 8.45. The summed E-state index contributed by atoms with van der Waals surface area (Å²) in [7, 11) is 0. The van der Waals surface area contributed by atoms with Gasteiger partial charge in [-0.3, -0.25) is 0 Å². The maximum absolute atomic E-state index is 6.06. The molecule has 0 aromatic heterocycles. The smallest absolute Gasteiger partial charge is 0.0256 e. The van der Waals surface area contributed by atoms with Crippen molar-refractivity contribution in [3.8, 4) is 0 Å². The van der Waals surface area contributed by atoms with E-state index < -0.39 is 0 Å². The van der Waals surface area contributed by atoms with Crippen LogP contribution in [0.4, 0.5) is 0 Å². The summed E-state index contributed by atoms with van der Waals surface area (Å²) in [6.45, 7) is 0. The van der Waals surface area contributed by atoms with Crippen molar-refractivity contribution in [2.45, 2.75) is 31.7 Å². The molecule has 1 fully saturated rings. The molecule has 1 aliphatic rings. The topological polar surface area (TPSA) is 26.0 Å². The summed E-state index contributed by atoms with van der Waals surface area (Å²) in [6.07, 6.45) is 7.16. The maximum Gasteiger partial charge on any atom is 0.0256 e. The van der Waals surface area contributed by atoms with Crippen LogP contribution in [-0.4, -0.2) is 6.04 Å². The fourth-order valence-corrected chi connectivity index (χ4v) is 2.01. The van der Waals surface area contributed by atoms with E-state index in [9.17, 15) is 0 Å². The van der Waals surface area contributed by atoms with Crippen molar-refractivity contribution in [2.75, 3.05) is 0 Å². The fraction of sp³-hybridized carbons (Fsp3) is 0.385. The molecule has 1 aromatic rings. The zero-order chi connectivity index (χ0) is 9.80. The molecule has 1 saturated carbocycles. The minimum atomic E-state index is 0.295. The zero-order valence-corrected chi connectivity index (χ0v) is 8.45. The first-order chi connectivity index (χ1) is 6.86. The quantitative estimate of drug-likeness (QED) is 0.718. The van der Waals surface area contributed by atoms with Gasteiger partial charge in [-0.25, -0.2) is 0 Å². The van der Waals surface area contributed by atoms with Gasteiger partial charge in [-0.15, -0.1) is 0 Å². The highest BCUT2D eigenvalue weighted by molar-refractivity contribution is 5.54. The summed E-state index contributed by atoms with van der Waals surface area (Å²) in [5, 5.41) is 0. The first kappa shape index (κ1) is 9.47. The molecule has 2 rings (SSSR count). The van der Waals surface area contributed by atoms with E-state index in [0.29, 0.717) is 6.04 Å². The predicted octanol–water partition coefficient (Wildman–Crippen LogP) is 2.97. The molecule has 1 nitrogen and oxygen atoms in total. The SMILES string of the molecule is NC1CCCCC1=Cc1ccccc1. The van der Waals surface area contributed by atoms with Crippen LogP contribution in [0.1, 0.15) is 31.2 Å². The molecular weight excluding hydrogens is 170 g/mol. The molecule has 1 heteroatoms. The minimum absolute atomic E-state index is 0.295. The van der Waals surface area contributed by atoms with Gasteiger partial charge in [0, 0.05) is 6.04 Å². The van der Waals surface area contributed by atoms with Gasteiger partial charge in [-0.05, 0) is 24.8 Å². The molecule has 1 aromatic carbocycles. The van der Waals surface area contributed by atoms with Gasteiger partial charge in [0.15, 0.2) is 0 Å². The Morgan fingerprint density at radius 3 is 2.64 bits per heavy atom.